The molecule has 0 atom stereocenters. The van der Waals surface area contributed by atoms with E-state index in [9.17, 15) is 4.39 Å². The highest BCUT2D eigenvalue weighted by Crippen LogP contribution is 2.15. The summed E-state index contributed by atoms with van der Waals surface area (Å²) >= 11 is 0. The van der Waals surface area contributed by atoms with E-state index in [2.05, 4.69) is 15.2 Å². The summed E-state index contributed by atoms with van der Waals surface area (Å²) in [6.07, 6.45) is 1.63. The molecule has 2 heterocycles. The van der Waals surface area contributed by atoms with Crippen molar-refractivity contribution in [3.63, 3.8) is 0 Å². The number of hydrogen-bond donors (Lipinski definition) is 0. The number of hydrogen-bond acceptors (Lipinski definition) is 3. The number of aryl methyl sites for hydroxylation is 1. The quantitative estimate of drug-likeness (QED) is 0.557. The Morgan fingerprint density at radius 2 is 2.13 bits per heavy atom. The number of benzene rings is 1. The van der Waals surface area contributed by atoms with E-state index in [1.807, 2.05) is 6.92 Å². The lowest BCUT2D eigenvalue weighted by Crippen LogP contribution is -1.94. The Hall–Kier alpha value is -2.04. The molecule has 0 amide bonds. The Labute approximate surface area is 84.4 Å². The third kappa shape index (κ3) is 1.09. The zero-order valence-electron chi connectivity index (χ0n) is 7.98. The number of aromatic nitrogens is 4. The van der Waals surface area contributed by atoms with E-state index in [-0.39, 0.29) is 5.82 Å². The first-order valence-corrected chi connectivity index (χ1v) is 4.51. The molecule has 74 valence electrons. The minimum Gasteiger partial charge on any atom is -0.280 e. The van der Waals surface area contributed by atoms with Crippen molar-refractivity contribution in [1.82, 2.24) is 19.6 Å². The van der Waals surface area contributed by atoms with E-state index in [1.54, 1.807) is 16.8 Å². The van der Waals surface area contributed by atoms with Crippen LogP contribution in [0.25, 0.3) is 16.7 Å². The van der Waals surface area contributed by atoms with Crippen LogP contribution in [-0.2, 0) is 0 Å². The van der Waals surface area contributed by atoms with Gasteiger partial charge in [-0.15, -0.1) is 10.2 Å². The Balaban J connectivity index is 2.57. The fourth-order valence-electron chi connectivity index (χ4n) is 1.60. The van der Waals surface area contributed by atoms with Gasteiger partial charge in [0.1, 0.15) is 17.7 Å². The van der Waals surface area contributed by atoms with Gasteiger partial charge in [0.15, 0.2) is 5.65 Å². The second-order valence-corrected chi connectivity index (χ2v) is 3.36. The molecule has 0 aliphatic heterocycles. The Morgan fingerprint density at radius 3 is 3.00 bits per heavy atom. The van der Waals surface area contributed by atoms with Crippen LogP contribution >= 0.6 is 0 Å². The molecule has 4 nitrogen and oxygen atoms in total. The Kier molecular flexibility index (Phi) is 1.50. The summed E-state index contributed by atoms with van der Waals surface area (Å²) in [5, 5.41) is 8.03. The Bertz CT molecular complexity index is 659. The Morgan fingerprint density at radius 1 is 1.27 bits per heavy atom. The average Bonchev–Trinajstić information content (AvgIpc) is 2.61. The van der Waals surface area contributed by atoms with Crippen molar-refractivity contribution in [3.05, 3.63) is 36.0 Å². The van der Waals surface area contributed by atoms with Crippen LogP contribution in [0.3, 0.4) is 0 Å². The summed E-state index contributed by atoms with van der Waals surface area (Å²) in [7, 11) is 0. The molecule has 3 aromatic rings. The molecule has 0 bridgehead atoms. The van der Waals surface area contributed by atoms with Gasteiger partial charge < -0.3 is 0 Å². The van der Waals surface area contributed by atoms with Crippen molar-refractivity contribution in [2.24, 2.45) is 0 Å². The van der Waals surface area contributed by atoms with E-state index < -0.39 is 0 Å². The number of rotatable bonds is 0. The van der Waals surface area contributed by atoms with Gasteiger partial charge in [-0.3, -0.25) is 4.40 Å². The molecule has 2 aromatic heterocycles. The van der Waals surface area contributed by atoms with Crippen LogP contribution in [0.15, 0.2) is 24.5 Å². The zero-order chi connectivity index (χ0) is 10.4. The van der Waals surface area contributed by atoms with Gasteiger partial charge in [-0.1, -0.05) is 0 Å². The van der Waals surface area contributed by atoms with Crippen molar-refractivity contribution in [3.8, 4) is 0 Å². The van der Waals surface area contributed by atoms with Gasteiger partial charge in [0.2, 0.25) is 0 Å². The highest BCUT2D eigenvalue weighted by molar-refractivity contribution is 5.76. The van der Waals surface area contributed by atoms with Crippen molar-refractivity contribution < 1.29 is 4.39 Å². The van der Waals surface area contributed by atoms with Crippen molar-refractivity contribution in [2.45, 2.75) is 6.92 Å². The zero-order valence-corrected chi connectivity index (χ0v) is 7.98. The lowest BCUT2D eigenvalue weighted by Gasteiger charge is -1.99. The molecular weight excluding hydrogens is 195 g/mol. The summed E-state index contributed by atoms with van der Waals surface area (Å²) in [6.45, 7) is 1.84. The van der Waals surface area contributed by atoms with Crippen LogP contribution in [0, 0.1) is 12.7 Å². The molecule has 0 saturated heterocycles. The standard InChI is InChI=1S/C10H7FN4/c1-6-10-14-13-8-3-2-7(11)4-9(8)15(10)5-12-6/h2-5H,1H3. The first-order valence-electron chi connectivity index (χ1n) is 4.51. The predicted octanol–water partition coefficient (Wildman–Crippen LogP) is 1.73. The summed E-state index contributed by atoms with van der Waals surface area (Å²) in [5.74, 6) is -0.289. The second-order valence-electron chi connectivity index (χ2n) is 3.36. The van der Waals surface area contributed by atoms with Crippen LogP contribution in [0.4, 0.5) is 4.39 Å². The fraction of sp³-hybridized carbons (Fsp3) is 0.100. The van der Waals surface area contributed by atoms with Crippen LogP contribution in [0.5, 0.6) is 0 Å². The van der Waals surface area contributed by atoms with E-state index in [1.165, 1.54) is 12.1 Å². The molecule has 0 aliphatic rings. The van der Waals surface area contributed by atoms with E-state index in [0.29, 0.717) is 16.7 Å². The molecule has 0 unspecified atom stereocenters. The molecule has 0 spiro atoms. The van der Waals surface area contributed by atoms with Gasteiger partial charge in [-0.25, -0.2) is 9.37 Å². The molecule has 0 aliphatic carbocycles. The third-order valence-electron chi connectivity index (χ3n) is 2.37. The predicted molar refractivity (Wildman–Crippen MR) is 53.0 cm³/mol. The number of nitrogens with zero attached hydrogens (tertiary/aromatic N) is 4. The van der Waals surface area contributed by atoms with Gasteiger partial charge in [0, 0.05) is 6.07 Å². The molecule has 1 aromatic carbocycles. The van der Waals surface area contributed by atoms with Crippen LogP contribution in [0.1, 0.15) is 5.69 Å². The van der Waals surface area contributed by atoms with E-state index >= 15 is 0 Å². The maximum Gasteiger partial charge on any atom is 0.182 e. The van der Waals surface area contributed by atoms with Crippen LogP contribution in [-0.4, -0.2) is 19.6 Å². The first-order chi connectivity index (χ1) is 7.25. The smallest absolute Gasteiger partial charge is 0.182 e. The monoisotopic (exact) mass is 202 g/mol. The minimum absolute atomic E-state index is 0.289. The third-order valence-corrected chi connectivity index (χ3v) is 2.37. The number of imidazole rings is 1. The minimum atomic E-state index is -0.289. The summed E-state index contributed by atoms with van der Waals surface area (Å²) in [6, 6.07) is 4.40. The maximum atomic E-state index is 13.1. The highest BCUT2D eigenvalue weighted by Gasteiger charge is 2.06. The molecule has 0 saturated carbocycles. The topological polar surface area (TPSA) is 43.1 Å². The largest absolute Gasteiger partial charge is 0.280 e. The van der Waals surface area contributed by atoms with Crippen molar-refractivity contribution in [2.75, 3.05) is 0 Å². The van der Waals surface area contributed by atoms with Gasteiger partial charge in [-0.2, -0.15) is 0 Å². The molecule has 15 heavy (non-hydrogen) atoms. The lowest BCUT2D eigenvalue weighted by molar-refractivity contribution is 0.629. The summed E-state index contributed by atoms with van der Waals surface area (Å²) in [5.41, 5.74) is 2.78. The summed E-state index contributed by atoms with van der Waals surface area (Å²) in [4.78, 5) is 4.11. The van der Waals surface area contributed by atoms with Crippen molar-refractivity contribution >= 4 is 16.7 Å². The van der Waals surface area contributed by atoms with Gasteiger partial charge in [0.05, 0.1) is 11.2 Å². The number of halogens is 1. The normalized spacial score (nSPS) is 11.3. The second kappa shape index (κ2) is 2.73. The van der Waals surface area contributed by atoms with Crippen LogP contribution < -0.4 is 0 Å². The maximum absolute atomic E-state index is 13.1. The fourth-order valence-corrected chi connectivity index (χ4v) is 1.60. The van der Waals surface area contributed by atoms with E-state index in [4.69, 9.17) is 0 Å². The van der Waals surface area contributed by atoms with Crippen LogP contribution in [0.2, 0.25) is 0 Å². The average molecular weight is 202 g/mol. The molecule has 5 heteroatoms. The lowest BCUT2D eigenvalue weighted by atomic mass is 10.3. The molecular formula is C10H7FN4. The van der Waals surface area contributed by atoms with Gasteiger partial charge in [0.25, 0.3) is 0 Å². The van der Waals surface area contributed by atoms with Crippen molar-refractivity contribution in [1.29, 1.82) is 0 Å². The summed E-state index contributed by atoms with van der Waals surface area (Å²) < 4.78 is 14.8. The molecule has 0 radical (unpaired) electrons. The first kappa shape index (κ1) is 8.28. The molecule has 0 fully saturated rings. The van der Waals surface area contributed by atoms with Gasteiger partial charge >= 0.3 is 0 Å². The van der Waals surface area contributed by atoms with Gasteiger partial charge in [-0.05, 0) is 19.1 Å². The number of fused-ring (bicyclic) bond motifs is 3. The molecule has 0 N–H and O–H groups in total. The highest BCUT2D eigenvalue weighted by atomic mass is 19.1. The van der Waals surface area contributed by atoms with E-state index in [0.717, 1.165) is 5.69 Å². The molecule has 3 rings (SSSR count). The SMILES string of the molecule is Cc1ncn2c1nnc1ccc(F)cc12.